The lowest BCUT2D eigenvalue weighted by molar-refractivity contribution is -0.135. The fourth-order valence-electron chi connectivity index (χ4n) is 2.91. The first-order valence-corrected chi connectivity index (χ1v) is 7.30. The molecule has 0 saturated carbocycles. The standard InChI is InChI=1S/C16H15F2N3O3/c1-8-13(6-19-24-8)20-15(22)14-12(7-21(2)16(14)23)9-3-10(17)5-11(18)4-9/h3-6,12,14H,7H2,1-2H3,(H,20,22)/t12-,14+/m1/s1. The number of amides is 2. The minimum absolute atomic E-state index is 0.197. The molecule has 0 bridgehead atoms. The van der Waals surface area contributed by atoms with E-state index in [-0.39, 0.29) is 12.1 Å². The maximum absolute atomic E-state index is 13.5. The topological polar surface area (TPSA) is 75.4 Å². The molecule has 0 radical (unpaired) electrons. The highest BCUT2D eigenvalue weighted by atomic mass is 19.1. The summed E-state index contributed by atoms with van der Waals surface area (Å²) in [4.78, 5) is 26.3. The quantitative estimate of drug-likeness (QED) is 0.872. The zero-order valence-electron chi connectivity index (χ0n) is 13.0. The zero-order valence-corrected chi connectivity index (χ0v) is 13.0. The van der Waals surface area contributed by atoms with Crippen LogP contribution in [0.25, 0.3) is 0 Å². The summed E-state index contributed by atoms with van der Waals surface area (Å²) in [5.41, 5.74) is 0.624. The van der Waals surface area contributed by atoms with Crippen molar-refractivity contribution in [2.24, 2.45) is 5.92 Å². The molecule has 6 nitrogen and oxygen atoms in total. The second kappa shape index (κ2) is 6.03. The van der Waals surface area contributed by atoms with Crippen LogP contribution >= 0.6 is 0 Å². The Balaban J connectivity index is 1.92. The lowest BCUT2D eigenvalue weighted by atomic mass is 9.87. The summed E-state index contributed by atoms with van der Waals surface area (Å²) in [6.45, 7) is 1.81. The van der Waals surface area contributed by atoms with Gasteiger partial charge in [0.15, 0.2) is 5.76 Å². The van der Waals surface area contributed by atoms with Crippen LogP contribution in [0.15, 0.2) is 28.9 Å². The van der Waals surface area contributed by atoms with Crippen LogP contribution in [0.3, 0.4) is 0 Å². The van der Waals surface area contributed by atoms with Gasteiger partial charge in [-0.1, -0.05) is 5.16 Å². The van der Waals surface area contributed by atoms with E-state index in [1.54, 1.807) is 14.0 Å². The maximum atomic E-state index is 13.5. The molecule has 8 heteroatoms. The highest BCUT2D eigenvalue weighted by molar-refractivity contribution is 6.08. The third-order valence-electron chi connectivity index (χ3n) is 4.12. The van der Waals surface area contributed by atoms with Crippen molar-refractivity contribution in [2.75, 3.05) is 18.9 Å². The number of halogens is 2. The first-order valence-electron chi connectivity index (χ1n) is 7.30. The first kappa shape index (κ1) is 16.1. The van der Waals surface area contributed by atoms with Crippen LogP contribution in [0, 0.1) is 24.5 Å². The molecule has 1 aromatic heterocycles. The van der Waals surface area contributed by atoms with E-state index >= 15 is 0 Å². The van der Waals surface area contributed by atoms with Crippen LogP contribution < -0.4 is 5.32 Å². The van der Waals surface area contributed by atoms with Crippen LogP contribution in [0.2, 0.25) is 0 Å². The van der Waals surface area contributed by atoms with Crippen molar-refractivity contribution in [3.8, 4) is 0 Å². The van der Waals surface area contributed by atoms with Gasteiger partial charge in [-0.15, -0.1) is 0 Å². The lowest BCUT2D eigenvalue weighted by Crippen LogP contribution is -2.32. The number of nitrogens with zero attached hydrogens (tertiary/aromatic N) is 2. The zero-order chi connectivity index (χ0) is 17.4. The van der Waals surface area contributed by atoms with Gasteiger partial charge in [0, 0.05) is 25.6 Å². The number of nitrogens with one attached hydrogen (secondary N) is 1. The Morgan fingerprint density at radius 2 is 2.00 bits per heavy atom. The van der Waals surface area contributed by atoms with Gasteiger partial charge in [0.05, 0.1) is 6.20 Å². The van der Waals surface area contributed by atoms with E-state index in [1.807, 2.05) is 0 Å². The van der Waals surface area contributed by atoms with E-state index in [1.165, 1.54) is 11.1 Å². The number of aromatic nitrogens is 1. The van der Waals surface area contributed by atoms with Crippen LogP contribution in [0.1, 0.15) is 17.2 Å². The molecular formula is C16H15F2N3O3. The number of benzene rings is 1. The minimum Gasteiger partial charge on any atom is -0.359 e. The fourth-order valence-corrected chi connectivity index (χ4v) is 2.91. The third kappa shape index (κ3) is 2.86. The number of carbonyl (C=O) groups is 2. The average molecular weight is 335 g/mol. The summed E-state index contributed by atoms with van der Waals surface area (Å²) >= 11 is 0. The molecule has 0 aliphatic carbocycles. The molecule has 2 amide bonds. The van der Waals surface area contributed by atoms with E-state index in [0.29, 0.717) is 11.4 Å². The van der Waals surface area contributed by atoms with Gasteiger partial charge in [0.25, 0.3) is 0 Å². The largest absolute Gasteiger partial charge is 0.359 e. The Hall–Kier alpha value is -2.77. The van der Waals surface area contributed by atoms with Gasteiger partial charge in [0.2, 0.25) is 11.8 Å². The number of carbonyl (C=O) groups excluding carboxylic acids is 2. The van der Waals surface area contributed by atoms with E-state index < -0.39 is 35.3 Å². The molecule has 1 saturated heterocycles. The first-order chi connectivity index (χ1) is 11.4. The smallest absolute Gasteiger partial charge is 0.237 e. The number of anilines is 1. The molecular weight excluding hydrogens is 320 g/mol. The van der Waals surface area contributed by atoms with Crippen molar-refractivity contribution in [3.05, 3.63) is 47.4 Å². The molecule has 24 heavy (non-hydrogen) atoms. The molecule has 126 valence electrons. The Morgan fingerprint density at radius 3 is 2.58 bits per heavy atom. The molecule has 1 aliphatic heterocycles. The third-order valence-corrected chi connectivity index (χ3v) is 4.12. The Morgan fingerprint density at radius 1 is 1.33 bits per heavy atom. The van der Waals surface area contributed by atoms with Crippen molar-refractivity contribution in [1.29, 1.82) is 0 Å². The molecule has 0 unspecified atom stereocenters. The van der Waals surface area contributed by atoms with E-state index in [0.717, 1.165) is 18.2 Å². The molecule has 1 N–H and O–H groups in total. The molecule has 2 atom stereocenters. The van der Waals surface area contributed by atoms with Crippen molar-refractivity contribution in [1.82, 2.24) is 10.1 Å². The number of likely N-dealkylation sites (N-methyl/N-ethyl adjacent to an activating group) is 1. The Kier molecular flexibility index (Phi) is 4.04. The molecule has 2 aromatic rings. The summed E-state index contributed by atoms with van der Waals surface area (Å²) in [7, 11) is 1.54. The van der Waals surface area contributed by atoms with Crippen molar-refractivity contribution in [3.63, 3.8) is 0 Å². The molecule has 3 rings (SSSR count). The monoisotopic (exact) mass is 335 g/mol. The van der Waals surface area contributed by atoms with Gasteiger partial charge in [-0.2, -0.15) is 0 Å². The predicted molar refractivity (Wildman–Crippen MR) is 80.1 cm³/mol. The number of aryl methyl sites for hydroxylation is 1. The van der Waals surface area contributed by atoms with Gasteiger partial charge < -0.3 is 14.7 Å². The maximum Gasteiger partial charge on any atom is 0.237 e. The van der Waals surface area contributed by atoms with Gasteiger partial charge in [-0.25, -0.2) is 8.78 Å². The van der Waals surface area contributed by atoms with Crippen molar-refractivity contribution >= 4 is 17.5 Å². The number of hydrogen-bond acceptors (Lipinski definition) is 4. The van der Waals surface area contributed by atoms with Gasteiger partial charge in [0.1, 0.15) is 23.2 Å². The van der Waals surface area contributed by atoms with Crippen LogP contribution in [-0.4, -0.2) is 35.5 Å². The molecule has 1 aromatic carbocycles. The van der Waals surface area contributed by atoms with Gasteiger partial charge in [-0.05, 0) is 24.6 Å². The summed E-state index contributed by atoms with van der Waals surface area (Å²) in [5, 5.41) is 6.13. The normalized spacial score (nSPS) is 20.5. The number of rotatable bonds is 3. The molecule has 2 heterocycles. The Labute approximate surface area is 136 Å². The lowest BCUT2D eigenvalue weighted by Gasteiger charge is -2.16. The van der Waals surface area contributed by atoms with Gasteiger partial charge in [-0.3, -0.25) is 9.59 Å². The van der Waals surface area contributed by atoms with E-state index in [2.05, 4.69) is 10.5 Å². The highest BCUT2D eigenvalue weighted by Gasteiger charge is 2.44. The fraction of sp³-hybridized carbons (Fsp3) is 0.312. The van der Waals surface area contributed by atoms with Crippen LogP contribution in [0.4, 0.5) is 14.5 Å². The summed E-state index contributed by atoms with van der Waals surface area (Å²) in [6, 6.07) is 3.04. The second-order valence-electron chi connectivity index (χ2n) is 5.79. The Bertz CT molecular complexity index is 785. The summed E-state index contributed by atoms with van der Waals surface area (Å²) in [5.74, 6) is -3.79. The van der Waals surface area contributed by atoms with Crippen molar-refractivity contribution < 1.29 is 22.9 Å². The summed E-state index contributed by atoms with van der Waals surface area (Å²) < 4.78 is 31.9. The van der Waals surface area contributed by atoms with Crippen LogP contribution in [-0.2, 0) is 9.59 Å². The van der Waals surface area contributed by atoms with Crippen LogP contribution in [0.5, 0.6) is 0 Å². The molecule has 1 fully saturated rings. The number of likely N-dealkylation sites (tertiary alicyclic amines) is 1. The van der Waals surface area contributed by atoms with Crippen molar-refractivity contribution in [2.45, 2.75) is 12.8 Å². The number of hydrogen-bond donors (Lipinski definition) is 1. The average Bonchev–Trinajstić information content (AvgIpc) is 3.03. The SMILES string of the molecule is Cc1oncc1NC(=O)[C@H]1C(=O)N(C)C[C@@H]1c1cc(F)cc(F)c1. The second-order valence-corrected chi connectivity index (χ2v) is 5.79. The highest BCUT2D eigenvalue weighted by Crippen LogP contribution is 2.34. The van der Waals surface area contributed by atoms with E-state index in [9.17, 15) is 18.4 Å². The van der Waals surface area contributed by atoms with Gasteiger partial charge >= 0.3 is 0 Å². The molecule has 0 spiro atoms. The summed E-state index contributed by atoms with van der Waals surface area (Å²) in [6.07, 6.45) is 1.33. The molecule has 1 aliphatic rings. The predicted octanol–water partition coefficient (Wildman–Crippen LogP) is 2.07. The minimum atomic E-state index is -1.08. The van der Waals surface area contributed by atoms with E-state index in [4.69, 9.17) is 4.52 Å².